The van der Waals surface area contributed by atoms with E-state index >= 15 is 0 Å². The van der Waals surface area contributed by atoms with Gasteiger partial charge in [-0.15, -0.1) is 0 Å². The zero-order valence-corrected chi connectivity index (χ0v) is 20.5. The van der Waals surface area contributed by atoms with Crippen LogP contribution in [0, 0.1) is 12.8 Å². The molecule has 10 nitrogen and oxygen atoms in total. The molecule has 3 heterocycles. The summed E-state index contributed by atoms with van der Waals surface area (Å²) in [5, 5.41) is 10.9. The quantitative estimate of drug-likeness (QED) is 0.502. The Morgan fingerprint density at radius 2 is 2.06 bits per heavy atom. The summed E-state index contributed by atoms with van der Waals surface area (Å²) in [6, 6.07) is 6.98. The molecule has 0 bridgehead atoms. The van der Waals surface area contributed by atoms with E-state index in [2.05, 4.69) is 20.8 Å². The first-order valence-electron chi connectivity index (χ1n) is 11.3. The Morgan fingerprint density at radius 3 is 2.82 bits per heavy atom. The second kappa shape index (κ2) is 9.61. The van der Waals surface area contributed by atoms with Crippen LogP contribution in [-0.4, -0.2) is 67.7 Å². The fraction of sp³-hybridized carbons (Fsp3) is 0.500. The molecule has 182 valence electrons. The van der Waals surface area contributed by atoms with Crippen molar-refractivity contribution >= 4 is 42.6 Å². The topological polar surface area (TPSA) is 127 Å². The Bertz CT molecular complexity index is 1280. The van der Waals surface area contributed by atoms with E-state index < -0.39 is 10.0 Å². The van der Waals surface area contributed by atoms with Crippen LogP contribution in [0.3, 0.4) is 0 Å². The fourth-order valence-corrected chi connectivity index (χ4v) is 6.92. The van der Waals surface area contributed by atoms with E-state index in [1.807, 2.05) is 0 Å². The van der Waals surface area contributed by atoms with E-state index in [0.29, 0.717) is 44.5 Å². The number of sulfonamides is 1. The van der Waals surface area contributed by atoms with E-state index in [4.69, 9.17) is 9.26 Å². The summed E-state index contributed by atoms with van der Waals surface area (Å²) < 4.78 is 38.5. The number of hydrogen-bond acceptors (Lipinski definition) is 9. The lowest BCUT2D eigenvalue weighted by Crippen LogP contribution is -2.40. The zero-order chi connectivity index (χ0) is 23.7. The summed E-state index contributed by atoms with van der Waals surface area (Å²) in [6.45, 7) is 3.94. The second-order valence-corrected chi connectivity index (χ2v) is 11.7. The highest BCUT2D eigenvalue weighted by atomic mass is 32.2. The molecule has 1 saturated carbocycles. The molecule has 2 N–H and O–H groups in total. The number of aryl methyl sites for hydroxylation is 1. The van der Waals surface area contributed by atoms with Crippen LogP contribution in [0.1, 0.15) is 35.5 Å². The average molecular weight is 506 g/mol. The first-order valence-corrected chi connectivity index (χ1v) is 13.6. The lowest BCUT2D eigenvalue weighted by atomic mass is 10.1. The minimum absolute atomic E-state index is 0.231. The molecule has 1 aliphatic carbocycles. The van der Waals surface area contributed by atoms with Gasteiger partial charge in [0.15, 0.2) is 5.13 Å². The minimum Gasteiger partial charge on any atom is -0.379 e. The maximum Gasteiger partial charge on any atom is 0.289 e. The van der Waals surface area contributed by atoms with Gasteiger partial charge in [0, 0.05) is 31.7 Å². The molecular weight excluding hydrogens is 478 g/mol. The molecule has 0 spiro atoms. The minimum atomic E-state index is -3.54. The molecule has 5 rings (SSSR count). The van der Waals surface area contributed by atoms with Gasteiger partial charge >= 0.3 is 0 Å². The van der Waals surface area contributed by atoms with Crippen LogP contribution >= 0.6 is 11.3 Å². The van der Waals surface area contributed by atoms with E-state index in [1.54, 1.807) is 31.2 Å². The van der Waals surface area contributed by atoms with Crippen LogP contribution in [0.15, 0.2) is 33.7 Å². The van der Waals surface area contributed by atoms with Gasteiger partial charge in [0.1, 0.15) is 0 Å². The molecule has 2 aromatic heterocycles. The molecule has 1 aliphatic heterocycles. The van der Waals surface area contributed by atoms with Crippen molar-refractivity contribution in [2.45, 2.75) is 37.1 Å². The summed E-state index contributed by atoms with van der Waals surface area (Å²) >= 11 is 1.46. The number of amides is 1. The van der Waals surface area contributed by atoms with Gasteiger partial charge < -0.3 is 19.9 Å². The Morgan fingerprint density at radius 1 is 1.24 bits per heavy atom. The monoisotopic (exact) mass is 505 g/mol. The molecular formula is C22H27N5O5S2. The van der Waals surface area contributed by atoms with E-state index in [-0.39, 0.29) is 22.6 Å². The molecule has 0 radical (unpaired) electrons. The lowest BCUT2D eigenvalue weighted by molar-refractivity contribution is 0.0730. The van der Waals surface area contributed by atoms with Crippen LogP contribution < -0.4 is 10.6 Å². The number of benzene rings is 1. The Hall–Kier alpha value is -2.54. The summed E-state index contributed by atoms with van der Waals surface area (Å²) in [4.78, 5) is 17.1. The van der Waals surface area contributed by atoms with Crippen molar-refractivity contribution in [1.82, 2.24) is 19.8 Å². The van der Waals surface area contributed by atoms with Crippen LogP contribution in [0.2, 0.25) is 0 Å². The van der Waals surface area contributed by atoms with Crippen molar-refractivity contribution < 1.29 is 22.5 Å². The molecule has 12 heteroatoms. The van der Waals surface area contributed by atoms with Gasteiger partial charge in [0.2, 0.25) is 15.8 Å². The summed E-state index contributed by atoms with van der Waals surface area (Å²) in [7, 11) is -3.54. The molecule has 1 aromatic carbocycles. The van der Waals surface area contributed by atoms with E-state index in [0.717, 1.165) is 34.6 Å². The number of ether oxygens (including phenoxy) is 1. The van der Waals surface area contributed by atoms with Gasteiger partial charge in [-0.1, -0.05) is 16.5 Å². The number of aromatic nitrogens is 2. The molecule has 2 unspecified atom stereocenters. The molecule has 2 fully saturated rings. The SMILES string of the molecule is Cc1cc(C(=O)NCC2CCC(Nc3nc4ccc(S(=O)(=O)N5CCOCC5)cc4s3)C2)on1. The van der Waals surface area contributed by atoms with Gasteiger partial charge in [0.25, 0.3) is 5.91 Å². The molecule has 2 atom stereocenters. The number of anilines is 1. The summed E-state index contributed by atoms with van der Waals surface area (Å²) in [6.07, 6.45) is 2.90. The van der Waals surface area contributed by atoms with Gasteiger partial charge in [-0.05, 0) is 50.3 Å². The molecule has 1 saturated heterocycles. The van der Waals surface area contributed by atoms with Crippen molar-refractivity contribution in [1.29, 1.82) is 0 Å². The Balaban J connectivity index is 1.19. The zero-order valence-electron chi connectivity index (χ0n) is 18.8. The summed E-state index contributed by atoms with van der Waals surface area (Å²) in [5.74, 6) is 0.353. The van der Waals surface area contributed by atoms with Crippen molar-refractivity contribution in [2.75, 3.05) is 38.2 Å². The number of thiazole rings is 1. The number of hydrogen-bond donors (Lipinski definition) is 2. The number of carbonyl (C=O) groups is 1. The maximum atomic E-state index is 13.0. The van der Waals surface area contributed by atoms with Gasteiger partial charge in [-0.3, -0.25) is 4.79 Å². The normalized spacial score (nSPS) is 21.7. The van der Waals surface area contributed by atoms with Crippen LogP contribution in [-0.2, 0) is 14.8 Å². The third kappa shape index (κ3) is 4.95. The second-order valence-electron chi connectivity index (χ2n) is 8.73. The average Bonchev–Trinajstić information content (AvgIpc) is 3.57. The maximum absolute atomic E-state index is 13.0. The Labute approximate surface area is 201 Å². The van der Waals surface area contributed by atoms with Gasteiger partial charge in [-0.2, -0.15) is 4.31 Å². The van der Waals surface area contributed by atoms with Gasteiger partial charge in [-0.25, -0.2) is 13.4 Å². The van der Waals surface area contributed by atoms with Crippen LogP contribution in [0.5, 0.6) is 0 Å². The van der Waals surface area contributed by atoms with Crippen molar-refractivity contribution in [3.8, 4) is 0 Å². The van der Waals surface area contributed by atoms with Crippen molar-refractivity contribution in [3.05, 3.63) is 35.7 Å². The van der Waals surface area contributed by atoms with Crippen LogP contribution in [0.4, 0.5) is 5.13 Å². The third-order valence-corrected chi connectivity index (χ3v) is 9.08. The third-order valence-electron chi connectivity index (χ3n) is 6.24. The largest absolute Gasteiger partial charge is 0.379 e. The molecule has 1 amide bonds. The molecule has 3 aromatic rings. The highest BCUT2D eigenvalue weighted by Crippen LogP contribution is 2.33. The Kier molecular flexibility index (Phi) is 6.56. The van der Waals surface area contributed by atoms with E-state index in [9.17, 15) is 13.2 Å². The number of morpholine rings is 1. The number of carbonyl (C=O) groups excluding carboxylic acids is 1. The molecule has 34 heavy (non-hydrogen) atoms. The highest BCUT2D eigenvalue weighted by Gasteiger charge is 2.28. The number of rotatable bonds is 7. The predicted molar refractivity (Wildman–Crippen MR) is 128 cm³/mol. The number of nitrogens with one attached hydrogen (secondary N) is 2. The number of fused-ring (bicyclic) bond motifs is 1. The highest BCUT2D eigenvalue weighted by molar-refractivity contribution is 7.89. The van der Waals surface area contributed by atoms with Crippen molar-refractivity contribution in [3.63, 3.8) is 0 Å². The first kappa shape index (κ1) is 23.2. The molecule has 2 aliphatic rings. The standard InChI is InChI=1S/C22H27N5O5S2/c1-14-10-19(32-26-14)21(28)23-13-15-2-3-16(11-15)24-22-25-18-5-4-17(12-20(18)33-22)34(29,30)27-6-8-31-9-7-27/h4-5,10,12,15-16H,2-3,6-9,11,13H2,1H3,(H,23,28)(H,24,25). The van der Waals surface area contributed by atoms with Crippen molar-refractivity contribution in [2.24, 2.45) is 5.92 Å². The van der Waals surface area contributed by atoms with E-state index in [1.165, 1.54) is 15.6 Å². The predicted octanol–water partition coefficient (Wildman–Crippen LogP) is 2.62. The lowest BCUT2D eigenvalue weighted by Gasteiger charge is -2.25. The van der Waals surface area contributed by atoms with Crippen LogP contribution in [0.25, 0.3) is 10.2 Å². The number of nitrogens with zero attached hydrogens (tertiary/aromatic N) is 3. The van der Waals surface area contributed by atoms with Gasteiger partial charge in [0.05, 0.1) is 34.0 Å². The first-order chi connectivity index (χ1) is 16.4. The fourth-order valence-electron chi connectivity index (χ4n) is 4.42. The smallest absolute Gasteiger partial charge is 0.289 e. The summed E-state index contributed by atoms with van der Waals surface area (Å²) in [5.41, 5.74) is 1.45.